The smallest absolute Gasteiger partial charge is 0.303 e. The van der Waals surface area contributed by atoms with Gasteiger partial charge in [0, 0.05) is 55.8 Å². The fourth-order valence-electron chi connectivity index (χ4n) is 8.72. The molecule has 0 fully saturated rings. The number of aryl methyl sites for hydroxylation is 2. The number of benzene rings is 3. The van der Waals surface area contributed by atoms with Gasteiger partial charge < -0.3 is 14.9 Å². The quantitative estimate of drug-likeness (QED) is 0.224. The van der Waals surface area contributed by atoms with Gasteiger partial charge in [-0.2, -0.15) is 8.42 Å². The summed E-state index contributed by atoms with van der Waals surface area (Å²) in [5.41, 5.74) is 13.6. The molecule has 0 saturated carbocycles. The van der Waals surface area contributed by atoms with Crippen LogP contribution >= 0.6 is 0 Å². The molecule has 9 heteroatoms. The lowest BCUT2D eigenvalue weighted by Gasteiger charge is -2.44. The summed E-state index contributed by atoms with van der Waals surface area (Å²) in [5, 5.41) is 9.09. The maximum absolute atomic E-state index is 12.2. The van der Waals surface area contributed by atoms with Crippen LogP contribution in [0, 0.1) is 0 Å². The number of hydrogen-bond donors (Lipinski definition) is 3. The SMILES string of the molecule is CC1(C)c2cc3c(cc2C(=[NH+]CCCCCC(=O)O)c2cc4c5c(c21)CCCN5CCC4)CCCN3Cc1ccccc1S(=O)(=O)O. The van der Waals surface area contributed by atoms with Gasteiger partial charge in [0.05, 0.1) is 16.0 Å². The number of aliphatic carboxylic acids is 1. The number of anilines is 2. The molecule has 3 heterocycles. The van der Waals surface area contributed by atoms with Crippen LogP contribution in [0.2, 0.25) is 0 Å². The average Bonchev–Trinajstić information content (AvgIpc) is 3.03. The van der Waals surface area contributed by atoms with Crippen molar-refractivity contribution in [2.45, 2.75) is 94.9 Å². The molecule has 7 rings (SSSR count). The van der Waals surface area contributed by atoms with Crippen LogP contribution in [0.3, 0.4) is 0 Å². The molecule has 0 unspecified atom stereocenters. The predicted molar refractivity (Wildman–Crippen MR) is 185 cm³/mol. The number of nitrogens with zero attached hydrogens (tertiary/aromatic N) is 2. The fraction of sp³-hybridized carbons (Fsp3) is 0.474. The summed E-state index contributed by atoms with van der Waals surface area (Å²) in [7, 11) is -4.34. The van der Waals surface area contributed by atoms with Crippen molar-refractivity contribution in [1.29, 1.82) is 0 Å². The van der Waals surface area contributed by atoms with Crippen LogP contribution in [0.25, 0.3) is 0 Å². The van der Waals surface area contributed by atoms with E-state index in [9.17, 15) is 17.8 Å². The second kappa shape index (κ2) is 12.4. The van der Waals surface area contributed by atoms with Crippen LogP contribution in [0.15, 0.2) is 47.4 Å². The van der Waals surface area contributed by atoms with E-state index in [-0.39, 0.29) is 16.7 Å². The summed E-state index contributed by atoms with van der Waals surface area (Å²) in [6, 6.07) is 14.0. The largest absolute Gasteiger partial charge is 0.481 e. The fourth-order valence-corrected chi connectivity index (χ4v) is 9.44. The van der Waals surface area contributed by atoms with Gasteiger partial charge in [-0.15, -0.1) is 0 Å². The zero-order valence-electron chi connectivity index (χ0n) is 27.6. The molecule has 0 radical (unpaired) electrons. The van der Waals surface area contributed by atoms with Crippen molar-refractivity contribution >= 4 is 33.2 Å². The molecule has 3 N–H and O–H groups in total. The van der Waals surface area contributed by atoms with E-state index >= 15 is 0 Å². The number of hydrogen-bond acceptors (Lipinski definition) is 5. The van der Waals surface area contributed by atoms with E-state index in [0.717, 1.165) is 76.8 Å². The topological polar surface area (TPSA) is 112 Å². The van der Waals surface area contributed by atoms with Gasteiger partial charge in [0.15, 0.2) is 0 Å². The number of carboxylic acids is 1. The lowest BCUT2D eigenvalue weighted by atomic mass is 9.64. The maximum atomic E-state index is 12.2. The standard InChI is InChI=1S/C38H45N3O5S/c1-38(2)31-23-32-25(12-8-20-41(32)24-27-11-5-6-15-33(27)47(44,45)46)21-29(31)36(39-17-7-3-4-16-34(42)43)30-22-26-13-9-18-40-19-10-14-28(35(30)38)37(26)40/h5-6,11,15,21-23H,3-4,7-10,12-14,16-20,24H2,1-2H3,(H,42,43)(H,44,45,46)/p+1. The summed E-state index contributed by atoms with van der Waals surface area (Å²) in [6.45, 7) is 8.96. The number of unbranched alkanes of at least 4 members (excludes halogenated alkanes) is 2. The van der Waals surface area contributed by atoms with Crippen molar-refractivity contribution in [2.24, 2.45) is 0 Å². The molecule has 0 amide bonds. The van der Waals surface area contributed by atoms with Crippen molar-refractivity contribution < 1.29 is 27.9 Å². The van der Waals surface area contributed by atoms with Crippen LogP contribution in [-0.2, 0) is 46.1 Å². The Morgan fingerprint density at radius 1 is 0.915 bits per heavy atom. The first kappa shape index (κ1) is 31.9. The lowest BCUT2D eigenvalue weighted by molar-refractivity contribution is -0.456. The van der Waals surface area contributed by atoms with Gasteiger partial charge in [0.1, 0.15) is 6.54 Å². The highest BCUT2D eigenvalue weighted by Crippen LogP contribution is 2.50. The Bertz CT molecular complexity index is 1880. The van der Waals surface area contributed by atoms with E-state index in [4.69, 9.17) is 5.11 Å². The van der Waals surface area contributed by atoms with E-state index in [1.54, 1.807) is 12.1 Å². The van der Waals surface area contributed by atoms with E-state index in [0.29, 0.717) is 18.5 Å². The van der Waals surface area contributed by atoms with E-state index < -0.39 is 16.1 Å². The van der Waals surface area contributed by atoms with E-state index in [2.05, 4.69) is 46.8 Å². The van der Waals surface area contributed by atoms with Crippen molar-refractivity contribution in [2.75, 3.05) is 36.0 Å². The predicted octanol–water partition coefficient (Wildman–Crippen LogP) is 4.79. The molecule has 47 heavy (non-hydrogen) atoms. The maximum Gasteiger partial charge on any atom is 0.303 e. The molecule has 0 atom stereocenters. The lowest BCUT2D eigenvalue weighted by Crippen LogP contribution is -2.74. The Balaban J connectivity index is 1.35. The highest BCUT2D eigenvalue weighted by Gasteiger charge is 2.43. The molecule has 1 aliphatic carbocycles. The molecule has 8 nitrogen and oxygen atoms in total. The Hall–Kier alpha value is -3.69. The molecule has 0 spiro atoms. The van der Waals surface area contributed by atoms with Crippen molar-refractivity contribution in [3.05, 3.63) is 87.0 Å². The van der Waals surface area contributed by atoms with Crippen LogP contribution in [0.5, 0.6) is 0 Å². The minimum atomic E-state index is -4.34. The molecule has 0 bridgehead atoms. The number of nitrogens with one attached hydrogen (secondary N) is 1. The van der Waals surface area contributed by atoms with Gasteiger partial charge >= 0.3 is 5.97 Å². The Labute approximate surface area is 278 Å². The summed E-state index contributed by atoms with van der Waals surface area (Å²) < 4.78 is 34.4. The third kappa shape index (κ3) is 5.86. The second-order valence-electron chi connectivity index (χ2n) is 14.2. The second-order valence-corrected chi connectivity index (χ2v) is 15.6. The summed E-state index contributed by atoms with van der Waals surface area (Å²) >= 11 is 0. The van der Waals surface area contributed by atoms with Crippen LogP contribution in [0.1, 0.15) is 103 Å². The highest BCUT2D eigenvalue weighted by molar-refractivity contribution is 7.85. The van der Waals surface area contributed by atoms with Gasteiger partial charge in [0.25, 0.3) is 10.1 Å². The van der Waals surface area contributed by atoms with E-state index in [1.165, 1.54) is 62.8 Å². The summed E-state index contributed by atoms with van der Waals surface area (Å²) in [4.78, 5) is 19.8. The first-order valence-corrected chi connectivity index (χ1v) is 18.7. The molecule has 248 valence electrons. The molecule has 4 aliphatic rings. The summed E-state index contributed by atoms with van der Waals surface area (Å²) in [6.07, 6.45) is 9.08. The van der Waals surface area contributed by atoms with Gasteiger partial charge in [0.2, 0.25) is 5.71 Å². The van der Waals surface area contributed by atoms with Crippen molar-refractivity contribution in [3.8, 4) is 0 Å². The van der Waals surface area contributed by atoms with Gasteiger partial charge in [-0.25, -0.2) is 4.99 Å². The Morgan fingerprint density at radius 2 is 1.64 bits per heavy atom. The molecular weight excluding hydrogens is 611 g/mol. The van der Waals surface area contributed by atoms with E-state index in [1.807, 2.05) is 6.07 Å². The molecule has 0 saturated heterocycles. The van der Waals surface area contributed by atoms with Gasteiger partial charge in [-0.1, -0.05) is 32.0 Å². The first-order chi connectivity index (χ1) is 22.5. The van der Waals surface area contributed by atoms with Gasteiger partial charge in [-0.05, 0) is 109 Å². The monoisotopic (exact) mass is 656 g/mol. The molecule has 3 aromatic rings. The zero-order chi connectivity index (χ0) is 32.9. The third-order valence-electron chi connectivity index (χ3n) is 10.8. The Morgan fingerprint density at radius 3 is 2.43 bits per heavy atom. The zero-order valence-corrected chi connectivity index (χ0v) is 28.4. The molecular formula is C38H46N3O5S+. The van der Waals surface area contributed by atoms with Crippen molar-refractivity contribution in [1.82, 2.24) is 0 Å². The molecule has 3 aromatic carbocycles. The third-order valence-corrected chi connectivity index (χ3v) is 11.7. The minimum absolute atomic E-state index is 0.0315. The number of carbonyl (C=O) groups is 1. The highest BCUT2D eigenvalue weighted by atomic mass is 32.2. The summed E-state index contributed by atoms with van der Waals surface area (Å²) in [5.74, 6) is -0.738. The normalized spacial score (nSPS) is 18.7. The van der Waals surface area contributed by atoms with Gasteiger partial charge in [-0.3, -0.25) is 9.35 Å². The minimum Gasteiger partial charge on any atom is -0.481 e. The molecule has 3 aliphatic heterocycles. The van der Waals surface area contributed by atoms with Crippen LogP contribution in [0.4, 0.5) is 11.4 Å². The van der Waals surface area contributed by atoms with Crippen LogP contribution < -0.4 is 14.8 Å². The average molecular weight is 657 g/mol. The van der Waals surface area contributed by atoms with Crippen LogP contribution in [-0.4, -0.2) is 55.9 Å². The Kier molecular flexibility index (Phi) is 8.41. The molecule has 0 aromatic heterocycles. The van der Waals surface area contributed by atoms with Crippen molar-refractivity contribution in [3.63, 3.8) is 0 Å². The number of fused-ring (bicyclic) bond motifs is 4. The first-order valence-electron chi connectivity index (χ1n) is 17.3. The number of rotatable bonds is 9. The number of carboxylic acid groups (broad SMARTS) is 1.